The summed E-state index contributed by atoms with van der Waals surface area (Å²) in [7, 11) is 0. The van der Waals surface area contributed by atoms with Crippen LogP contribution in [-0.2, 0) is 4.79 Å². The lowest BCUT2D eigenvalue weighted by Gasteiger charge is -2.35. The van der Waals surface area contributed by atoms with E-state index < -0.39 is 0 Å². The molecule has 1 unspecified atom stereocenters. The van der Waals surface area contributed by atoms with Crippen molar-refractivity contribution in [2.24, 2.45) is 4.99 Å². The number of piperazine rings is 1. The van der Waals surface area contributed by atoms with Crippen LogP contribution in [0.4, 0.5) is 5.82 Å². The van der Waals surface area contributed by atoms with E-state index in [2.05, 4.69) is 32.4 Å². The van der Waals surface area contributed by atoms with Gasteiger partial charge < -0.3 is 20.4 Å². The molecule has 3 heterocycles. The zero-order valence-electron chi connectivity index (χ0n) is 17.2. The molecule has 0 bridgehead atoms. The molecule has 2 N–H and O–H groups in total. The number of carbonyl (C=O) groups is 1. The molecular weight excluding hydrogens is 499 g/mol. The summed E-state index contributed by atoms with van der Waals surface area (Å²) in [4.78, 5) is 25.8. The van der Waals surface area contributed by atoms with E-state index in [0.29, 0.717) is 18.2 Å². The second kappa shape index (κ2) is 13.1. The molecule has 2 saturated heterocycles. The predicted octanol–water partition coefficient (Wildman–Crippen LogP) is 2.19. The van der Waals surface area contributed by atoms with Crippen LogP contribution in [-0.4, -0.2) is 78.6 Å². The van der Waals surface area contributed by atoms with Crippen molar-refractivity contribution in [1.29, 1.82) is 0 Å². The quantitative estimate of drug-likeness (QED) is 0.319. The minimum atomic E-state index is 0. The van der Waals surface area contributed by atoms with E-state index in [-0.39, 0.29) is 29.9 Å². The van der Waals surface area contributed by atoms with Gasteiger partial charge in [-0.15, -0.1) is 24.0 Å². The molecule has 0 spiro atoms. The Bertz CT molecular complexity index is 633. The number of rotatable bonds is 7. The minimum absolute atomic E-state index is 0. The lowest BCUT2D eigenvalue weighted by atomic mass is 10.2. The van der Waals surface area contributed by atoms with Gasteiger partial charge in [-0.2, -0.15) is 11.8 Å². The van der Waals surface area contributed by atoms with E-state index in [9.17, 15) is 4.79 Å². The largest absolute Gasteiger partial charge is 0.357 e. The number of nitrogens with one attached hydrogen (secondary N) is 2. The molecule has 29 heavy (non-hydrogen) atoms. The van der Waals surface area contributed by atoms with Crippen molar-refractivity contribution in [1.82, 2.24) is 20.5 Å². The smallest absolute Gasteiger partial charge is 0.224 e. The number of aromatic nitrogens is 1. The van der Waals surface area contributed by atoms with Gasteiger partial charge in [-0.25, -0.2) is 4.98 Å². The second-order valence-corrected chi connectivity index (χ2v) is 8.50. The first-order valence-electron chi connectivity index (χ1n) is 10.3. The summed E-state index contributed by atoms with van der Waals surface area (Å²) in [5.41, 5.74) is 0. The maximum Gasteiger partial charge on any atom is 0.224 e. The number of halogens is 1. The zero-order valence-corrected chi connectivity index (χ0v) is 20.3. The Balaban J connectivity index is 0.00000300. The SMILES string of the molecule is CCNC(=NCC1CCCS1)NCCC(=O)N1CCN(c2ccccn2)CC1.I. The monoisotopic (exact) mass is 532 g/mol. The van der Waals surface area contributed by atoms with Gasteiger partial charge in [-0.3, -0.25) is 9.79 Å². The van der Waals surface area contributed by atoms with Crippen molar-refractivity contribution in [2.75, 3.05) is 56.5 Å². The zero-order chi connectivity index (χ0) is 19.6. The van der Waals surface area contributed by atoms with E-state index in [1.54, 1.807) is 0 Å². The maximum absolute atomic E-state index is 12.5. The van der Waals surface area contributed by atoms with Gasteiger partial charge in [0.15, 0.2) is 5.96 Å². The number of nitrogens with zero attached hydrogens (tertiary/aromatic N) is 4. The van der Waals surface area contributed by atoms with Crippen LogP contribution < -0.4 is 15.5 Å². The number of hydrogen-bond donors (Lipinski definition) is 2. The van der Waals surface area contributed by atoms with Gasteiger partial charge >= 0.3 is 0 Å². The van der Waals surface area contributed by atoms with Gasteiger partial charge in [0.2, 0.25) is 5.91 Å². The van der Waals surface area contributed by atoms with Gasteiger partial charge in [0, 0.05) is 57.1 Å². The normalized spacial score (nSPS) is 19.6. The van der Waals surface area contributed by atoms with E-state index in [0.717, 1.165) is 51.0 Å². The summed E-state index contributed by atoms with van der Waals surface area (Å²) in [5, 5.41) is 7.23. The Morgan fingerprint density at radius 1 is 1.28 bits per heavy atom. The Morgan fingerprint density at radius 3 is 2.76 bits per heavy atom. The van der Waals surface area contributed by atoms with E-state index in [4.69, 9.17) is 0 Å². The summed E-state index contributed by atoms with van der Waals surface area (Å²) in [6.07, 6.45) is 4.87. The molecule has 2 aliphatic heterocycles. The van der Waals surface area contributed by atoms with Gasteiger partial charge in [-0.05, 0) is 37.7 Å². The van der Waals surface area contributed by atoms with Crippen LogP contribution in [0.2, 0.25) is 0 Å². The van der Waals surface area contributed by atoms with Gasteiger partial charge in [0.25, 0.3) is 0 Å². The van der Waals surface area contributed by atoms with Crippen LogP contribution in [0.1, 0.15) is 26.2 Å². The van der Waals surface area contributed by atoms with Crippen LogP contribution in [0.25, 0.3) is 0 Å². The molecule has 0 saturated carbocycles. The lowest BCUT2D eigenvalue weighted by Crippen LogP contribution is -2.49. The molecule has 2 fully saturated rings. The molecule has 0 aromatic carbocycles. The molecule has 162 valence electrons. The fraction of sp³-hybridized carbons (Fsp3) is 0.650. The molecule has 1 amide bonds. The molecule has 1 atom stereocenters. The summed E-state index contributed by atoms with van der Waals surface area (Å²) in [6.45, 7) is 7.52. The highest BCUT2D eigenvalue weighted by molar-refractivity contribution is 14.0. The number of thioether (sulfide) groups is 1. The van der Waals surface area contributed by atoms with Crippen LogP contribution >= 0.6 is 35.7 Å². The van der Waals surface area contributed by atoms with Crippen molar-refractivity contribution in [3.05, 3.63) is 24.4 Å². The summed E-state index contributed by atoms with van der Waals surface area (Å²) in [5.74, 6) is 3.27. The van der Waals surface area contributed by atoms with Crippen molar-refractivity contribution >= 4 is 53.4 Å². The fourth-order valence-corrected chi connectivity index (χ4v) is 4.67. The number of anilines is 1. The van der Waals surface area contributed by atoms with Crippen LogP contribution in [0.15, 0.2) is 29.4 Å². The standard InChI is InChI=1S/C20H32N6OS.HI/c1-2-21-20(24-16-17-6-5-15-28-17)23-10-8-19(27)26-13-11-25(12-14-26)18-7-3-4-9-22-18;/h3-4,7,9,17H,2,5-6,8,10-16H2,1H3,(H2,21,23,24);1H. The number of pyridine rings is 1. The average molecular weight is 532 g/mol. The molecule has 9 heteroatoms. The minimum Gasteiger partial charge on any atom is -0.357 e. The van der Waals surface area contributed by atoms with Crippen LogP contribution in [0.5, 0.6) is 0 Å². The third kappa shape index (κ3) is 7.84. The van der Waals surface area contributed by atoms with E-state index in [1.807, 2.05) is 41.1 Å². The highest BCUT2D eigenvalue weighted by Gasteiger charge is 2.21. The van der Waals surface area contributed by atoms with Crippen molar-refractivity contribution in [3.8, 4) is 0 Å². The van der Waals surface area contributed by atoms with Crippen LogP contribution in [0, 0.1) is 0 Å². The number of amides is 1. The Morgan fingerprint density at radius 2 is 2.10 bits per heavy atom. The van der Waals surface area contributed by atoms with E-state index >= 15 is 0 Å². The molecular formula is C20H33IN6OS. The third-order valence-electron chi connectivity index (χ3n) is 5.06. The number of hydrogen-bond acceptors (Lipinski definition) is 5. The maximum atomic E-state index is 12.5. The first-order chi connectivity index (χ1) is 13.8. The molecule has 1 aromatic rings. The summed E-state index contributed by atoms with van der Waals surface area (Å²) < 4.78 is 0. The highest BCUT2D eigenvalue weighted by Crippen LogP contribution is 2.26. The predicted molar refractivity (Wildman–Crippen MR) is 133 cm³/mol. The first-order valence-corrected chi connectivity index (χ1v) is 11.4. The first kappa shape index (κ1) is 24.0. The Hall–Kier alpha value is -1.23. The molecule has 7 nitrogen and oxygen atoms in total. The number of aliphatic imine (C=N–C) groups is 1. The molecule has 2 aliphatic rings. The summed E-state index contributed by atoms with van der Waals surface area (Å²) in [6, 6.07) is 5.95. The second-order valence-electron chi connectivity index (χ2n) is 7.09. The van der Waals surface area contributed by atoms with Crippen molar-refractivity contribution in [3.63, 3.8) is 0 Å². The highest BCUT2D eigenvalue weighted by atomic mass is 127. The Labute approximate surface area is 195 Å². The molecule has 1 aromatic heterocycles. The van der Waals surface area contributed by atoms with Crippen LogP contribution in [0.3, 0.4) is 0 Å². The van der Waals surface area contributed by atoms with Gasteiger partial charge in [0.05, 0.1) is 6.54 Å². The summed E-state index contributed by atoms with van der Waals surface area (Å²) >= 11 is 2.02. The molecule has 0 radical (unpaired) electrons. The van der Waals surface area contributed by atoms with Gasteiger partial charge in [-0.1, -0.05) is 6.07 Å². The lowest BCUT2D eigenvalue weighted by molar-refractivity contribution is -0.131. The number of guanidine groups is 1. The van der Waals surface area contributed by atoms with Gasteiger partial charge in [0.1, 0.15) is 5.82 Å². The topological polar surface area (TPSA) is 72.9 Å². The molecule has 0 aliphatic carbocycles. The van der Waals surface area contributed by atoms with E-state index in [1.165, 1.54) is 18.6 Å². The number of carbonyl (C=O) groups excluding carboxylic acids is 1. The molecule has 3 rings (SSSR count). The van der Waals surface area contributed by atoms with Crippen molar-refractivity contribution in [2.45, 2.75) is 31.4 Å². The average Bonchev–Trinajstić information content (AvgIpc) is 3.26. The third-order valence-corrected chi connectivity index (χ3v) is 6.44. The Kier molecular flexibility index (Phi) is 10.9. The van der Waals surface area contributed by atoms with Crippen molar-refractivity contribution < 1.29 is 4.79 Å². The fourth-order valence-electron chi connectivity index (χ4n) is 3.49.